The minimum atomic E-state index is -3.33. The number of thioether (sulfide) groups is 1. The fraction of sp³-hybridized carbons (Fsp3) is 0.718. The second kappa shape index (κ2) is 23.7. The first kappa shape index (κ1) is 50.6. The van der Waals surface area contributed by atoms with E-state index < -0.39 is 53.3 Å². The number of esters is 2. The Kier molecular flexibility index (Phi) is 21.8. The van der Waals surface area contributed by atoms with Crippen LogP contribution in [0.15, 0.2) is 23.1 Å². The van der Waals surface area contributed by atoms with Gasteiger partial charge in [0.15, 0.2) is 5.12 Å². The van der Waals surface area contributed by atoms with E-state index in [0.717, 1.165) is 17.3 Å². The summed E-state index contributed by atoms with van der Waals surface area (Å²) in [5.41, 5.74) is -1.77. The van der Waals surface area contributed by atoms with Crippen LogP contribution in [-0.2, 0) is 41.8 Å². The minimum absolute atomic E-state index is 0.00593. The second-order valence-corrected chi connectivity index (χ2v) is 22.1. The highest BCUT2D eigenvalue weighted by Gasteiger charge is 2.56. The Bertz CT molecular complexity index is 1420. The average Bonchev–Trinajstić information content (AvgIpc) is 3.06. The monoisotopic (exact) mass is 827 g/mol. The smallest absolute Gasteiger partial charge is 0.343 e. The summed E-state index contributed by atoms with van der Waals surface area (Å²) in [6, 6.07) is 5.31. The van der Waals surface area contributed by atoms with Gasteiger partial charge in [-0.15, -0.1) is 0 Å². The van der Waals surface area contributed by atoms with Crippen LogP contribution in [0.2, 0.25) is 11.1 Å². The lowest BCUT2D eigenvalue weighted by atomic mass is 9.90. The molecule has 0 aliphatic rings. The predicted octanol–water partition coefficient (Wildman–Crippen LogP) is 8.24. The van der Waals surface area contributed by atoms with Gasteiger partial charge in [-0.1, -0.05) is 39.5 Å². The quantitative estimate of drug-likeness (QED) is 0.0193. The molecule has 1 amide bonds. The van der Waals surface area contributed by atoms with Crippen molar-refractivity contribution in [3.05, 3.63) is 40.7 Å². The molecule has 1 aromatic rings. The van der Waals surface area contributed by atoms with Crippen molar-refractivity contribution in [2.24, 2.45) is 5.41 Å². The van der Waals surface area contributed by atoms with E-state index in [4.69, 9.17) is 33.9 Å². The third kappa shape index (κ3) is 15.5. The van der Waals surface area contributed by atoms with E-state index in [-0.39, 0.29) is 67.1 Å². The minimum Gasteiger partial charge on any atom is -0.465 e. The summed E-state index contributed by atoms with van der Waals surface area (Å²) in [7, 11) is -5.15. The molecule has 13 nitrogen and oxygen atoms in total. The van der Waals surface area contributed by atoms with Crippen LogP contribution in [0.5, 0.6) is 0 Å². The molecule has 55 heavy (non-hydrogen) atoms. The van der Waals surface area contributed by atoms with Crippen molar-refractivity contribution in [2.75, 3.05) is 46.1 Å². The van der Waals surface area contributed by atoms with Crippen LogP contribution in [0.4, 0.5) is 0 Å². The molecule has 0 bridgehead atoms. The molecule has 1 rings (SSSR count). The molecular weight excluding hydrogens is 762 g/mol. The standard InChI is InChI=1S/C39H66N3O10PSSi/c1-16-47-36(45)39(37(46)48-17-2,25-50-53(49-21-20-40-15)42(27(3)4)28(5)6)26-51-55(29(7)8,30(9)10)52-38(13,14)18-19-41-35(44)33-22-31(11)23-34(24-33)54-32(12)43/h22-24,27-30H,16-21,25-26H2,1-14H3,(H,41,44). The number of benzene rings is 1. The molecule has 312 valence electrons. The van der Waals surface area contributed by atoms with Crippen molar-refractivity contribution in [3.8, 4) is 0 Å². The summed E-state index contributed by atoms with van der Waals surface area (Å²) < 4.78 is 39.4. The molecule has 0 fully saturated rings. The van der Waals surface area contributed by atoms with Gasteiger partial charge in [0.2, 0.25) is 12.0 Å². The Morgan fingerprint density at radius 2 is 1.47 bits per heavy atom. The number of amides is 1. The van der Waals surface area contributed by atoms with Gasteiger partial charge in [-0.2, -0.15) is 0 Å². The molecule has 1 unspecified atom stereocenters. The Labute approximate surface area is 336 Å². The Hall–Kier alpha value is -2.41. The van der Waals surface area contributed by atoms with Crippen LogP contribution in [0.1, 0.15) is 112 Å². The van der Waals surface area contributed by atoms with E-state index in [9.17, 15) is 19.2 Å². The summed E-state index contributed by atoms with van der Waals surface area (Å²) in [6.45, 7) is 33.4. The molecule has 0 aliphatic carbocycles. The van der Waals surface area contributed by atoms with Gasteiger partial charge in [0, 0.05) is 36.0 Å². The van der Waals surface area contributed by atoms with Crippen molar-refractivity contribution in [3.63, 3.8) is 0 Å². The lowest BCUT2D eigenvalue weighted by Gasteiger charge is -2.45. The van der Waals surface area contributed by atoms with E-state index in [1.165, 1.54) is 6.92 Å². The fourth-order valence-corrected chi connectivity index (χ4v) is 12.4. The maximum Gasteiger partial charge on any atom is 0.343 e. The highest BCUT2D eigenvalue weighted by atomic mass is 32.2. The maximum atomic E-state index is 14.0. The summed E-state index contributed by atoms with van der Waals surface area (Å²) in [5, 5.41) is 2.92. The highest BCUT2D eigenvalue weighted by molar-refractivity contribution is 8.13. The molecular formula is C39H66N3O10PSSi. The normalized spacial score (nSPS) is 13.1. The predicted molar refractivity (Wildman–Crippen MR) is 220 cm³/mol. The molecule has 1 atom stereocenters. The number of hydrogen-bond acceptors (Lipinski definition) is 12. The summed E-state index contributed by atoms with van der Waals surface area (Å²) in [6.07, 6.45) is 0.424. The Morgan fingerprint density at radius 1 is 0.909 bits per heavy atom. The first-order valence-corrected chi connectivity index (χ1v) is 23.0. The molecule has 0 aliphatic heterocycles. The molecule has 0 aromatic heterocycles. The van der Waals surface area contributed by atoms with Crippen molar-refractivity contribution in [1.82, 2.24) is 9.99 Å². The number of nitrogens with one attached hydrogen (secondary N) is 1. The van der Waals surface area contributed by atoms with E-state index in [2.05, 4.69) is 10.2 Å². The number of rotatable bonds is 25. The third-order valence-electron chi connectivity index (χ3n) is 8.58. The van der Waals surface area contributed by atoms with E-state index >= 15 is 0 Å². The number of nitrogens with zero attached hydrogens (tertiary/aromatic N) is 2. The fourth-order valence-electron chi connectivity index (χ4n) is 6.04. The van der Waals surface area contributed by atoms with Crippen LogP contribution in [-0.4, -0.2) is 100 Å². The largest absolute Gasteiger partial charge is 0.465 e. The zero-order chi connectivity index (χ0) is 42.1. The van der Waals surface area contributed by atoms with Crippen molar-refractivity contribution >= 4 is 51.8 Å². The summed E-state index contributed by atoms with van der Waals surface area (Å²) in [5.74, 6) is -1.95. The van der Waals surface area contributed by atoms with Crippen molar-refractivity contribution in [2.45, 2.75) is 137 Å². The van der Waals surface area contributed by atoms with Gasteiger partial charge in [-0.05, 0) is 104 Å². The van der Waals surface area contributed by atoms with Gasteiger partial charge in [0.1, 0.15) is 6.61 Å². The van der Waals surface area contributed by atoms with Crippen molar-refractivity contribution < 1.29 is 46.6 Å². The topological polar surface area (TPSA) is 143 Å². The van der Waals surface area contributed by atoms with Crippen LogP contribution in [0.25, 0.3) is 4.85 Å². The maximum absolute atomic E-state index is 14.0. The number of carbonyl (C=O) groups is 4. The lowest BCUT2D eigenvalue weighted by molar-refractivity contribution is -0.178. The summed E-state index contributed by atoms with van der Waals surface area (Å²) >= 11 is 1.08. The molecule has 1 aromatic carbocycles. The highest BCUT2D eigenvalue weighted by Crippen LogP contribution is 2.48. The molecule has 16 heteroatoms. The first-order valence-electron chi connectivity index (χ1n) is 19.1. The van der Waals surface area contributed by atoms with Crippen molar-refractivity contribution in [1.29, 1.82) is 0 Å². The number of hydrogen-bond donors (Lipinski definition) is 1. The van der Waals surface area contributed by atoms with E-state index in [1.54, 1.807) is 26.0 Å². The van der Waals surface area contributed by atoms with E-state index in [0.29, 0.717) is 16.9 Å². The van der Waals surface area contributed by atoms with Gasteiger partial charge in [-0.3, -0.25) is 19.2 Å². The molecule has 1 N–H and O–H groups in total. The second-order valence-electron chi connectivity index (χ2n) is 15.1. The third-order valence-corrected chi connectivity index (χ3v) is 16.1. The zero-order valence-electron chi connectivity index (χ0n) is 35.5. The number of ether oxygens (including phenoxy) is 2. The van der Waals surface area contributed by atoms with Crippen LogP contribution in [0, 0.1) is 18.9 Å². The lowest BCUT2D eigenvalue weighted by Crippen LogP contribution is -2.58. The Morgan fingerprint density at radius 3 is 1.95 bits per heavy atom. The number of aryl methyl sites for hydroxylation is 1. The summed E-state index contributed by atoms with van der Waals surface area (Å²) in [4.78, 5) is 57.0. The Balaban J connectivity index is 3.51. The van der Waals surface area contributed by atoms with Crippen LogP contribution < -0.4 is 5.32 Å². The van der Waals surface area contributed by atoms with Gasteiger partial charge in [0.25, 0.3) is 14.4 Å². The molecule has 0 radical (unpaired) electrons. The SMILES string of the molecule is [C-]#[N+]CCOP(OCC(CO[Si](OC(C)(C)CCNC(=O)c1cc(C)cc(SC(C)=O)c1)(C(C)C)C(C)C)(C(=O)OCC)C(=O)OCC)N(C(C)C)C(C)C. The molecule has 0 saturated carbocycles. The molecule has 0 heterocycles. The van der Waals surface area contributed by atoms with Gasteiger partial charge >= 0.3 is 20.5 Å². The van der Waals surface area contributed by atoms with Crippen LogP contribution >= 0.6 is 20.3 Å². The van der Waals surface area contributed by atoms with E-state index in [1.807, 2.05) is 86.9 Å². The molecule has 0 spiro atoms. The van der Waals surface area contributed by atoms with Gasteiger partial charge < -0.3 is 37.5 Å². The number of carbonyl (C=O) groups excluding carboxylic acids is 4. The zero-order valence-corrected chi connectivity index (χ0v) is 38.2. The van der Waals surface area contributed by atoms with Crippen LogP contribution in [0.3, 0.4) is 0 Å². The van der Waals surface area contributed by atoms with Gasteiger partial charge in [-0.25, -0.2) is 11.2 Å². The molecule has 0 saturated heterocycles. The first-order chi connectivity index (χ1) is 25.6. The average molecular weight is 828 g/mol. The van der Waals surface area contributed by atoms with Gasteiger partial charge in [0.05, 0.1) is 32.0 Å².